The fourth-order valence-electron chi connectivity index (χ4n) is 1.43. The summed E-state index contributed by atoms with van der Waals surface area (Å²) in [6.45, 7) is 0.621. The van der Waals surface area contributed by atoms with Crippen LogP contribution in [0.2, 0.25) is 0 Å². The maximum absolute atomic E-state index is 11.9. The summed E-state index contributed by atoms with van der Waals surface area (Å²) in [4.78, 5) is 0. The highest BCUT2D eigenvalue weighted by Gasteiger charge is 2.04. The fraction of sp³-hybridized carbons (Fsp3) is 0.500. The highest BCUT2D eigenvalue weighted by Crippen LogP contribution is 2.14. The summed E-state index contributed by atoms with van der Waals surface area (Å²) in [7, 11) is 0. The number of halogens is 2. The second-order valence-corrected chi connectivity index (χ2v) is 3.88. The van der Waals surface area contributed by atoms with Crippen LogP contribution in [0.4, 0.5) is 8.78 Å². The lowest BCUT2D eigenvalue weighted by atomic mass is 10.2. The minimum absolute atomic E-state index is 0.179. The zero-order valence-corrected chi connectivity index (χ0v) is 9.83. The van der Waals surface area contributed by atoms with Gasteiger partial charge in [0.05, 0.1) is 0 Å². The number of nitrogens with two attached hydrogens (primary N) is 1. The molecule has 17 heavy (non-hydrogen) atoms. The quantitative estimate of drug-likeness (QED) is 0.772. The Morgan fingerprint density at radius 2 is 1.94 bits per heavy atom. The number of nitrogens with one attached hydrogen (secondary N) is 1. The smallest absolute Gasteiger partial charge is 0.387 e. The van der Waals surface area contributed by atoms with Gasteiger partial charge in [-0.15, -0.1) is 0 Å². The summed E-state index contributed by atoms with van der Waals surface area (Å²) >= 11 is 0. The van der Waals surface area contributed by atoms with Crippen molar-refractivity contribution in [2.75, 3.05) is 6.54 Å². The van der Waals surface area contributed by atoms with E-state index in [1.807, 2.05) is 0 Å². The molecule has 1 unspecified atom stereocenters. The van der Waals surface area contributed by atoms with Crippen LogP contribution in [-0.4, -0.2) is 19.2 Å². The number of rotatable bonds is 7. The molecule has 1 aromatic rings. The Hall–Kier alpha value is -1.20. The molecule has 1 rings (SSSR count). The third-order valence-electron chi connectivity index (χ3n) is 2.40. The van der Waals surface area contributed by atoms with Crippen LogP contribution in [0.5, 0.6) is 5.75 Å². The molecule has 96 valence electrons. The van der Waals surface area contributed by atoms with Crippen molar-refractivity contribution in [2.24, 2.45) is 5.73 Å². The number of ether oxygens (including phenoxy) is 1. The van der Waals surface area contributed by atoms with E-state index in [2.05, 4.69) is 17.0 Å². The molecule has 0 bridgehead atoms. The SMILES string of the molecule is CC(CCN)NCc1ccc(OC(F)F)cc1. The summed E-state index contributed by atoms with van der Waals surface area (Å²) in [6, 6.07) is 6.95. The van der Waals surface area contributed by atoms with Crippen molar-refractivity contribution >= 4 is 0 Å². The molecule has 0 saturated carbocycles. The van der Waals surface area contributed by atoms with Gasteiger partial charge >= 0.3 is 6.61 Å². The van der Waals surface area contributed by atoms with Crippen LogP contribution in [0.15, 0.2) is 24.3 Å². The molecule has 0 heterocycles. The van der Waals surface area contributed by atoms with Crippen LogP contribution in [0.1, 0.15) is 18.9 Å². The van der Waals surface area contributed by atoms with Crippen molar-refractivity contribution < 1.29 is 13.5 Å². The lowest BCUT2D eigenvalue weighted by Crippen LogP contribution is -2.27. The van der Waals surface area contributed by atoms with E-state index >= 15 is 0 Å². The topological polar surface area (TPSA) is 47.3 Å². The van der Waals surface area contributed by atoms with Gasteiger partial charge in [-0.05, 0) is 37.6 Å². The first-order valence-corrected chi connectivity index (χ1v) is 5.59. The first-order chi connectivity index (χ1) is 8.11. The van der Waals surface area contributed by atoms with E-state index in [-0.39, 0.29) is 5.75 Å². The molecule has 1 aromatic carbocycles. The summed E-state index contributed by atoms with van der Waals surface area (Å²) in [5.74, 6) is 0.179. The molecule has 0 aliphatic rings. The van der Waals surface area contributed by atoms with Gasteiger partial charge < -0.3 is 15.8 Å². The average molecular weight is 244 g/mol. The first kappa shape index (κ1) is 13.9. The molecule has 1 atom stereocenters. The highest BCUT2D eigenvalue weighted by atomic mass is 19.3. The van der Waals surface area contributed by atoms with Gasteiger partial charge in [-0.3, -0.25) is 0 Å². The van der Waals surface area contributed by atoms with Crippen LogP contribution in [-0.2, 0) is 6.54 Å². The number of alkyl halides is 2. The fourth-order valence-corrected chi connectivity index (χ4v) is 1.43. The zero-order chi connectivity index (χ0) is 12.7. The minimum atomic E-state index is -2.77. The normalized spacial score (nSPS) is 12.8. The standard InChI is InChI=1S/C12H18F2N2O/c1-9(6-7-15)16-8-10-2-4-11(5-3-10)17-12(13)14/h2-5,9,12,16H,6-8,15H2,1H3. The molecular weight excluding hydrogens is 226 g/mol. The van der Waals surface area contributed by atoms with Crippen molar-refractivity contribution in [3.8, 4) is 5.75 Å². The van der Waals surface area contributed by atoms with Crippen LogP contribution in [0.3, 0.4) is 0 Å². The van der Waals surface area contributed by atoms with E-state index in [9.17, 15) is 8.78 Å². The van der Waals surface area contributed by atoms with Crippen molar-refractivity contribution in [1.29, 1.82) is 0 Å². The molecule has 0 saturated heterocycles. The van der Waals surface area contributed by atoms with E-state index < -0.39 is 6.61 Å². The van der Waals surface area contributed by atoms with Gasteiger partial charge in [0.2, 0.25) is 0 Å². The second kappa shape index (κ2) is 7.19. The molecule has 5 heteroatoms. The predicted octanol–water partition coefficient (Wildman–Crippen LogP) is 2.11. The molecule has 0 fully saturated rings. The maximum atomic E-state index is 11.9. The van der Waals surface area contributed by atoms with E-state index in [1.54, 1.807) is 12.1 Å². The molecular formula is C12H18F2N2O. The van der Waals surface area contributed by atoms with Gasteiger partial charge in [0.15, 0.2) is 0 Å². The first-order valence-electron chi connectivity index (χ1n) is 5.59. The number of benzene rings is 1. The third kappa shape index (κ3) is 5.60. The van der Waals surface area contributed by atoms with Gasteiger partial charge in [0, 0.05) is 12.6 Å². The van der Waals surface area contributed by atoms with Crippen LogP contribution in [0.25, 0.3) is 0 Å². The minimum Gasteiger partial charge on any atom is -0.435 e. The van der Waals surface area contributed by atoms with E-state index in [0.717, 1.165) is 12.0 Å². The monoisotopic (exact) mass is 244 g/mol. The Balaban J connectivity index is 2.40. The predicted molar refractivity (Wildman–Crippen MR) is 63.0 cm³/mol. The molecule has 0 aliphatic heterocycles. The zero-order valence-electron chi connectivity index (χ0n) is 9.83. The molecule has 3 N–H and O–H groups in total. The van der Waals surface area contributed by atoms with Gasteiger partial charge in [-0.25, -0.2) is 0 Å². The van der Waals surface area contributed by atoms with Crippen molar-refractivity contribution in [1.82, 2.24) is 5.32 Å². The van der Waals surface area contributed by atoms with Crippen molar-refractivity contribution in [2.45, 2.75) is 32.5 Å². The van der Waals surface area contributed by atoms with Crippen molar-refractivity contribution in [3.05, 3.63) is 29.8 Å². The van der Waals surface area contributed by atoms with Crippen LogP contribution < -0.4 is 15.8 Å². The average Bonchev–Trinajstić information content (AvgIpc) is 2.28. The van der Waals surface area contributed by atoms with Crippen LogP contribution in [0, 0.1) is 0 Å². The second-order valence-electron chi connectivity index (χ2n) is 3.88. The summed E-state index contributed by atoms with van der Waals surface area (Å²) in [6.07, 6.45) is 0.909. The maximum Gasteiger partial charge on any atom is 0.387 e. The molecule has 0 amide bonds. The molecule has 0 aromatic heterocycles. The Labute approximate surface area is 100.0 Å². The van der Waals surface area contributed by atoms with E-state index in [1.165, 1.54) is 12.1 Å². The highest BCUT2D eigenvalue weighted by molar-refractivity contribution is 5.27. The molecule has 0 radical (unpaired) electrons. The Bertz CT molecular complexity index is 317. The lowest BCUT2D eigenvalue weighted by Gasteiger charge is -2.12. The van der Waals surface area contributed by atoms with Gasteiger partial charge in [0.25, 0.3) is 0 Å². The van der Waals surface area contributed by atoms with E-state index in [4.69, 9.17) is 5.73 Å². The van der Waals surface area contributed by atoms with E-state index in [0.29, 0.717) is 19.1 Å². The summed E-state index contributed by atoms with van der Waals surface area (Å²) in [5.41, 5.74) is 6.46. The third-order valence-corrected chi connectivity index (χ3v) is 2.40. The molecule has 0 spiro atoms. The Morgan fingerprint density at radius 3 is 2.47 bits per heavy atom. The number of hydrogen-bond donors (Lipinski definition) is 2. The molecule has 3 nitrogen and oxygen atoms in total. The van der Waals surface area contributed by atoms with Crippen molar-refractivity contribution in [3.63, 3.8) is 0 Å². The van der Waals surface area contributed by atoms with Gasteiger partial charge in [-0.1, -0.05) is 12.1 Å². The van der Waals surface area contributed by atoms with Gasteiger partial charge in [0.1, 0.15) is 5.75 Å². The summed E-state index contributed by atoms with van der Waals surface area (Å²) < 4.78 is 28.1. The van der Waals surface area contributed by atoms with Gasteiger partial charge in [-0.2, -0.15) is 8.78 Å². The Morgan fingerprint density at radius 1 is 1.29 bits per heavy atom. The Kier molecular flexibility index (Phi) is 5.86. The number of hydrogen-bond acceptors (Lipinski definition) is 3. The van der Waals surface area contributed by atoms with Crippen LogP contribution >= 0.6 is 0 Å². The lowest BCUT2D eigenvalue weighted by molar-refractivity contribution is -0.0498. The molecule has 0 aliphatic carbocycles. The largest absolute Gasteiger partial charge is 0.435 e. The summed E-state index contributed by atoms with van der Waals surface area (Å²) in [5, 5.41) is 3.29.